The topological polar surface area (TPSA) is 75.5 Å². The average molecular weight is 410 g/mol. The van der Waals surface area contributed by atoms with Crippen molar-refractivity contribution in [1.82, 2.24) is 19.0 Å². The summed E-state index contributed by atoms with van der Waals surface area (Å²) in [5.41, 5.74) is -1.01. The molecule has 2 aromatic rings. The summed E-state index contributed by atoms with van der Waals surface area (Å²) in [5, 5.41) is 3.39. The van der Waals surface area contributed by atoms with Gasteiger partial charge in [0, 0.05) is 38.6 Å². The molecule has 0 spiro atoms. The Hall–Kier alpha value is -1.66. The van der Waals surface area contributed by atoms with Crippen LogP contribution in [0.3, 0.4) is 0 Å². The normalized spacial score (nSPS) is 17.2. The van der Waals surface area contributed by atoms with E-state index in [0.29, 0.717) is 0 Å². The number of hydrogen-bond donors (Lipinski definition) is 0. The van der Waals surface area contributed by atoms with Crippen LogP contribution in [-0.4, -0.2) is 65.2 Å². The van der Waals surface area contributed by atoms with Gasteiger partial charge in [0.2, 0.25) is 10.0 Å². The van der Waals surface area contributed by atoms with Crippen molar-refractivity contribution in [3.05, 3.63) is 16.6 Å². The maximum absolute atomic E-state index is 13.1. The highest BCUT2D eigenvalue weighted by Gasteiger charge is 2.38. The second kappa shape index (κ2) is 6.50. The van der Waals surface area contributed by atoms with E-state index in [9.17, 15) is 26.4 Å². The van der Waals surface area contributed by atoms with Crippen molar-refractivity contribution in [3.8, 4) is 0 Å². The Morgan fingerprint density at radius 3 is 2.42 bits per heavy atom. The third kappa shape index (κ3) is 3.32. The van der Waals surface area contributed by atoms with Crippen LogP contribution in [0.4, 0.5) is 13.2 Å². The fourth-order valence-corrected chi connectivity index (χ4v) is 4.99. The summed E-state index contributed by atoms with van der Waals surface area (Å²) in [6.45, 7) is 2.33. The number of hydrogen-bond acceptors (Lipinski definition) is 5. The molecular weight excluding hydrogens is 393 g/mol. The lowest BCUT2D eigenvalue weighted by molar-refractivity contribution is -0.140. The van der Waals surface area contributed by atoms with Crippen molar-refractivity contribution < 1.29 is 26.4 Å². The van der Waals surface area contributed by atoms with Gasteiger partial charge in [0.25, 0.3) is 5.91 Å². The van der Waals surface area contributed by atoms with Gasteiger partial charge in [-0.25, -0.2) is 8.42 Å². The minimum Gasteiger partial charge on any atom is -0.335 e. The van der Waals surface area contributed by atoms with Crippen LogP contribution in [0.15, 0.2) is 6.07 Å². The molecule has 2 aromatic heterocycles. The number of rotatable bonds is 3. The molecule has 26 heavy (non-hydrogen) atoms. The quantitative estimate of drug-likeness (QED) is 0.773. The van der Waals surface area contributed by atoms with Gasteiger partial charge >= 0.3 is 6.18 Å². The van der Waals surface area contributed by atoms with Gasteiger partial charge in [-0.3, -0.25) is 9.48 Å². The van der Waals surface area contributed by atoms with Gasteiger partial charge < -0.3 is 4.90 Å². The first-order chi connectivity index (χ1) is 12.0. The van der Waals surface area contributed by atoms with Crippen molar-refractivity contribution in [2.75, 3.05) is 31.9 Å². The van der Waals surface area contributed by atoms with Crippen LogP contribution in [0, 0.1) is 0 Å². The fraction of sp³-hybridized carbons (Fsp3) is 0.571. The summed E-state index contributed by atoms with van der Waals surface area (Å²) < 4.78 is 65.3. The standard InChI is InChI=1S/C14H17F3N4O3S2/c1-3-26(23,24)21-6-4-20(5-7-21)12(22)10-8-9-11(14(15,16)17)18-19(2)13(9)25-10/h8H,3-7H2,1-2H3. The number of thiophene rings is 1. The van der Waals surface area contributed by atoms with E-state index in [1.54, 1.807) is 6.92 Å². The van der Waals surface area contributed by atoms with E-state index in [0.717, 1.165) is 16.0 Å². The maximum Gasteiger partial charge on any atom is 0.435 e. The predicted molar refractivity (Wildman–Crippen MR) is 90.5 cm³/mol. The Balaban J connectivity index is 1.81. The van der Waals surface area contributed by atoms with Crippen LogP contribution >= 0.6 is 11.3 Å². The zero-order valence-corrected chi connectivity index (χ0v) is 15.7. The van der Waals surface area contributed by atoms with Gasteiger partial charge in [0.1, 0.15) is 4.83 Å². The minimum absolute atomic E-state index is 0.00944. The molecule has 0 bridgehead atoms. The molecule has 0 aromatic carbocycles. The molecule has 3 heterocycles. The number of fused-ring (bicyclic) bond motifs is 1. The van der Waals surface area contributed by atoms with Crippen LogP contribution < -0.4 is 0 Å². The Morgan fingerprint density at radius 1 is 1.27 bits per heavy atom. The lowest BCUT2D eigenvalue weighted by Gasteiger charge is -2.33. The fourth-order valence-electron chi connectivity index (χ4n) is 2.86. The molecule has 0 unspecified atom stereocenters. The molecule has 0 radical (unpaired) electrons. The number of amides is 1. The van der Waals surface area contributed by atoms with Crippen molar-refractivity contribution in [3.63, 3.8) is 0 Å². The Morgan fingerprint density at radius 2 is 1.88 bits per heavy atom. The first kappa shape index (κ1) is 19.1. The average Bonchev–Trinajstić information content (AvgIpc) is 3.14. The molecule has 0 atom stereocenters. The Bertz CT molecular complexity index is 941. The molecule has 7 nitrogen and oxygen atoms in total. The SMILES string of the molecule is CCS(=O)(=O)N1CCN(C(=O)c2cc3c(C(F)(F)F)nn(C)c3s2)CC1. The largest absolute Gasteiger partial charge is 0.435 e. The number of piperazine rings is 1. The molecule has 12 heteroatoms. The number of nitrogens with zero attached hydrogens (tertiary/aromatic N) is 4. The third-order valence-corrected chi connectivity index (χ3v) is 7.35. The molecule has 0 saturated carbocycles. The lowest BCUT2D eigenvalue weighted by Crippen LogP contribution is -2.50. The van der Waals surface area contributed by atoms with Gasteiger partial charge in [-0.2, -0.15) is 22.6 Å². The molecule has 0 N–H and O–H groups in total. The van der Waals surface area contributed by atoms with Crippen LogP contribution in [0.2, 0.25) is 0 Å². The minimum atomic E-state index is -4.60. The number of halogens is 3. The summed E-state index contributed by atoms with van der Waals surface area (Å²) in [5.74, 6) is -0.405. The summed E-state index contributed by atoms with van der Waals surface area (Å²) in [6.07, 6.45) is -4.60. The van der Waals surface area contributed by atoms with Crippen LogP contribution in [0.5, 0.6) is 0 Å². The predicted octanol–water partition coefficient (Wildman–Crippen LogP) is 1.76. The van der Waals surface area contributed by atoms with Gasteiger partial charge in [-0.1, -0.05) is 0 Å². The van der Waals surface area contributed by atoms with Crippen molar-refractivity contribution in [2.45, 2.75) is 13.1 Å². The van der Waals surface area contributed by atoms with Crippen molar-refractivity contribution in [1.29, 1.82) is 0 Å². The van der Waals surface area contributed by atoms with E-state index in [-0.39, 0.29) is 47.0 Å². The summed E-state index contributed by atoms with van der Waals surface area (Å²) >= 11 is 0.951. The number of carbonyl (C=O) groups excluding carboxylic acids is 1. The second-order valence-electron chi connectivity index (χ2n) is 5.89. The highest BCUT2D eigenvalue weighted by Crippen LogP contribution is 2.37. The van der Waals surface area contributed by atoms with Gasteiger partial charge in [-0.05, 0) is 13.0 Å². The van der Waals surface area contributed by atoms with Crippen LogP contribution in [0.25, 0.3) is 10.2 Å². The molecule has 1 saturated heterocycles. The first-order valence-electron chi connectivity index (χ1n) is 7.85. The summed E-state index contributed by atoms with van der Waals surface area (Å²) in [4.78, 5) is 14.5. The van der Waals surface area contributed by atoms with Gasteiger partial charge in [-0.15, -0.1) is 11.3 Å². The van der Waals surface area contributed by atoms with E-state index in [2.05, 4.69) is 5.10 Å². The molecular formula is C14H17F3N4O3S2. The van der Waals surface area contributed by atoms with Gasteiger partial charge in [0.05, 0.1) is 10.6 Å². The van der Waals surface area contributed by atoms with E-state index in [4.69, 9.17) is 0 Å². The molecule has 1 amide bonds. The highest BCUT2D eigenvalue weighted by atomic mass is 32.2. The third-order valence-electron chi connectivity index (χ3n) is 4.27. The summed E-state index contributed by atoms with van der Waals surface area (Å²) in [6, 6.07) is 1.22. The number of sulfonamides is 1. The first-order valence-corrected chi connectivity index (χ1v) is 10.3. The number of aryl methyl sites for hydroxylation is 1. The van der Waals surface area contributed by atoms with Crippen molar-refractivity contribution >= 4 is 37.5 Å². The van der Waals surface area contributed by atoms with E-state index >= 15 is 0 Å². The number of carbonyl (C=O) groups is 1. The Kier molecular flexibility index (Phi) is 4.78. The van der Waals surface area contributed by atoms with E-state index < -0.39 is 27.8 Å². The molecule has 3 rings (SSSR count). The van der Waals surface area contributed by atoms with Crippen LogP contribution in [-0.2, 0) is 23.2 Å². The van der Waals surface area contributed by atoms with Crippen LogP contribution in [0.1, 0.15) is 22.3 Å². The monoisotopic (exact) mass is 410 g/mol. The number of aromatic nitrogens is 2. The molecule has 144 valence electrons. The van der Waals surface area contributed by atoms with Crippen molar-refractivity contribution in [2.24, 2.45) is 7.05 Å². The zero-order valence-electron chi connectivity index (χ0n) is 14.1. The van der Waals surface area contributed by atoms with Gasteiger partial charge in [0.15, 0.2) is 5.69 Å². The highest BCUT2D eigenvalue weighted by molar-refractivity contribution is 7.89. The number of alkyl halides is 3. The summed E-state index contributed by atoms with van der Waals surface area (Å²) in [7, 11) is -1.91. The zero-order chi connectivity index (χ0) is 19.3. The van der Waals surface area contributed by atoms with E-state index in [1.165, 1.54) is 22.3 Å². The maximum atomic E-state index is 13.1. The molecule has 1 fully saturated rings. The molecule has 0 aliphatic carbocycles. The lowest BCUT2D eigenvalue weighted by atomic mass is 10.2. The smallest absolute Gasteiger partial charge is 0.335 e. The Labute approximate surface area is 152 Å². The second-order valence-corrected chi connectivity index (χ2v) is 9.18. The van der Waals surface area contributed by atoms with E-state index in [1.807, 2.05) is 0 Å². The molecule has 1 aliphatic heterocycles. The molecule has 1 aliphatic rings.